The summed E-state index contributed by atoms with van der Waals surface area (Å²) in [5, 5.41) is 3.89. The number of aromatic amines is 1. The van der Waals surface area contributed by atoms with Crippen LogP contribution in [0.4, 0.5) is 5.69 Å². The van der Waals surface area contributed by atoms with Crippen molar-refractivity contribution in [3.63, 3.8) is 0 Å². The molecule has 4 nitrogen and oxygen atoms in total. The van der Waals surface area contributed by atoms with Gasteiger partial charge in [0.1, 0.15) is 0 Å². The van der Waals surface area contributed by atoms with Crippen molar-refractivity contribution in [3.8, 4) is 0 Å². The predicted octanol–water partition coefficient (Wildman–Crippen LogP) is 4.24. The van der Waals surface area contributed by atoms with Crippen molar-refractivity contribution in [1.82, 2.24) is 4.98 Å². The van der Waals surface area contributed by atoms with E-state index in [-0.39, 0.29) is 11.7 Å². The van der Waals surface area contributed by atoms with Crippen molar-refractivity contribution in [2.24, 2.45) is 0 Å². The van der Waals surface area contributed by atoms with Gasteiger partial charge in [0.15, 0.2) is 5.78 Å². The number of aromatic nitrogens is 1. The van der Waals surface area contributed by atoms with Crippen LogP contribution in [0, 0.1) is 13.8 Å². The summed E-state index contributed by atoms with van der Waals surface area (Å²) in [7, 11) is 0. The molecule has 0 saturated carbocycles. The zero-order chi connectivity index (χ0) is 16.6. The lowest BCUT2D eigenvalue weighted by Gasteiger charge is -2.07. The molecule has 3 rings (SSSR count). The van der Waals surface area contributed by atoms with Crippen LogP contribution >= 0.6 is 0 Å². The Morgan fingerprint density at radius 2 is 1.78 bits per heavy atom. The van der Waals surface area contributed by atoms with Crippen molar-refractivity contribution in [2.75, 3.05) is 5.32 Å². The molecule has 2 N–H and O–H groups in total. The van der Waals surface area contributed by atoms with E-state index in [0.29, 0.717) is 16.8 Å². The van der Waals surface area contributed by atoms with Crippen LogP contribution in [-0.2, 0) is 0 Å². The monoisotopic (exact) mass is 306 g/mol. The van der Waals surface area contributed by atoms with E-state index in [9.17, 15) is 9.59 Å². The first-order chi connectivity index (χ1) is 11.0. The highest BCUT2D eigenvalue weighted by atomic mass is 16.1. The number of benzene rings is 2. The maximum absolute atomic E-state index is 12.5. The Balaban J connectivity index is 1.90. The number of anilines is 1. The number of hydrogen-bond donors (Lipinski definition) is 2. The van der Waals surface area contributed by atoms with E-state index in [0.717, 1.165) is 22.2 Å². The van der Waals surface area contributed by atoms with Gasteiger partial charge in [0, 0.05) is 33.4 Å². The van der Waals surface area contributed by atoms with Gasteiger partial charge in [-0.05, 0) is 56.7 Å². The third kappa shape index (κ3) is 2.88. The first kappa shape index (κ1) is 15.0. The molecular formula is C19H18N2O2. The summed E-state index contributed by atoms with van der Waals surface area (Å²) < 4.78 is 0. The lowest BCUT2D eigenvalue weighted by Crippen LogP contribution is -2.12. The van der Waals surface area contributed by atoms with Crippen molar-refractivity contribution in [2.45, 2.75) is 20.8 Å². The summed E-state index contributed by atoms with van der Waals surface area (Å²) >= 11 is 0. The number of rotatable bonds is 3. The van der Waals surface area contributed by atoms with Gasteiger partial charge in [-0.3, -0.25) is 9.59 Å². The molecule has 23 heavy (non-hydrogen) atoms. The molecule has 3 aromatic rings. The number of ketones is 1. The zero-order valence-corrected chi connectivity index (χ0v) is 13.4. The molecule has 1 amide bonds. The Kier molecular flexibility index (Phi) is 3.74. The summed E-state index contributed by atoms with van der Waals surface area (Å²) in [6.07, 6.45) is 0. The van der Waals surface area contributed by atoms with Gasteiger partial charge < -0.3 is 10.3 Å². The number of carbonyl (C=O) groups excluding carboxylic acids is 2. The Labute approximate surface area is 134 Å². The van der Waals surface area contributed by atoms with Gasteiger partial charge in [-0.1, -0.05) is 12.1 Å². The molecule has 0 unspecified atom stereocenters. The summed E-state index contributed by atoms with van der Waals surface area (Å²) in [5.74, 6) is -0.216. The van der Waals surface area contributed by atoms with Crippen LogP contribution in [0.5, 0.6) is 0 Å². The van der Waals surface area contributed by atoms with Crippen molar-refractivity contribution >= 4 is 28.3 Å². The maximum Gasteiger partial charge on any atom is 0.255 e. The van der Waals surface area contributed by atoms with Gasteiger partial charge >= 0.3 is 0 Å². The van der Waals surface area contributed by atoms with Crippen LogP contribution in [0.15, 0.2) is 42.5 Å². The minimum absolute atomic E-state index is 0.0269. The molecule has 0 aliphatic heterocycles. The summed E-state index contributed by atoms with van der Waals surface area (Å²) in [6.45, 7) is 5.56. The normalized spacial score (nSPS) is 10.7. The molecule has 0 atom stereocenters. The van der Waals surface area contributed by atoms with Gasteiger partial charge in [0.05, 0.1) is 0 Å². The van der Waals surface area contributed by atoms with Crippen LogP contribution in [0.1, 0.15) is 38.9 Å². The quantitative estimate of drug-likeness (QED) is 0.711. The third-order valence-electron chi connectivity index (χ3n) is 4.10. The van der Waals surface area contributed by atoms with Crippen molar-refractivity contribution in [1.29, 1.82) is 0 Å². The molecule has 0 aliphatic rings. The Bertz CT molecular complexity index is 922. The average Bonchev–Trinajstić information content (AvgIpc) is 2.82. The lowest BCUT2D eigenvalue weighted by atomic mass is 10.1. The molecule has 1 heterocycles. The first-order valence-corrected chi connectivity index (χ1v) is 7.47. The maximum atomic E-state index is 12.5. The molecule has 116 valence electrons. The van der Waals surface area contributed by atoms with E-state index in [1.807, 2.05) is 26.0 Å². The number of amides is 1. The molecule has 2 aromatic carbocycles. The molecule has 0 radical (unpaired) electrons. The van der Waals surface area contributed by atoms with Crippen LogP contribution in [0.2, 0.25) is 0 Å². The number of hydrogen-bond acceptors (Lipinski definition) is 2. The number of Topliss-reactive ketones (excluding diaryl/α,β-unsaturated/α-hetero) is 1. The number of H-pyrrole nitrogens is 1. The van der Waals surface area contributed by atoms with E-state index in [2.05, 4.69) is 10.3 Å². The van der Waals surface area contributed by atoms with Crippen LogP contribution in [0.25, 0.3) is 10.9 Å². The highest BCUT2D eigenvalue weighted by Crippen LogP contribution is 2.23. The summed E-state index contributed by atoms with van der Waals surface area (Å²) in [5.41, 5.74) is 5.06. The first-order valence-electron chi connectivity index (χ1n) is 7.47. The number of fused-ring (bicyclic) bond motifs is 1. The molecular weight excluding hydrogens is 288 g/mol. The average molecular weight is 306 g/mol. The Morgan fingerprint density at radius 1 is 1.00 bits per heavy atom. The molecule has 0 spiro atoms. The standard InChI is InChI=1S/C19H18N2O2/c1-11-12(2)20-18-8-7-15(10-17(11)18)19(23)21-16-6-4-5-14(9-16)13(3)22/h4-10,20H,1-3H3,(H,21,23). The van der Waals surface area contributed by atoms with E-state index in [4.69, 9.17) is 0 Å². The van der Waals surface area contributed by atoms with Crippen LogP contribution in [0.3, 0.4) is 0 Å². The van der Waals surface area contributed by atoms with Crippen LogP contribution < -0.4 is 5.32 Å². The summed E-state index contributed by atoms with van der Waals surface area (Å²) in [4.78, 5) is 27.2. The number of nitrogens with one attached hydrogen (secondary N) is 2. The van der Waals surface area contributed by atoms with Gasteiger partial charge in [0.25, 0.3) is 5.91 Å². The Morgan fingerprint density at radius 3 is 2.52 bits per heavy atom. The fourth-order valence-corrected chi connectivity index (χ4v) is 2.62. The zero-order valence-electron chi connectivity index (χ0n) is 13.4. The van der Waals surface area contributed by atoms with E-state index >= 15 is 0 Å². The molecule has 0 bridgehead atoms. The largest absolute Gasteiger partial charge is 0.358 e. The molecule has 4 heteroatoms. The predicted molar refractivity (Wildman–Crippen MR) is 92.2 cm³/mol. The second-order valence-electron chi connectivity index (χ2n) is 5.73. The number of carbonyl (C=O) groups is 2. The fraction of sp³-hybridized carbons (Fsp3) is 0.158. The molecule has 0 aliphatic carbocycles. The Hall–Kier alpha value is -2.88. The molecule has 0 saturated heterocycles. The minimum atomic E-state index is -0.189. The SMILES string of the molecule is CC(=O)c1cccc(NC(=O)c2ccc3[nH]c(C)c(C)c3c2)c1. The van der Waals surface area contributed by atoms with E-state index < -0.39 is 0 Å². The fourth-order valence-electron chi connectivity index (χ4n) is 2.62. The topological polar surface area (TPSA) is 62.0 Å². The molecule has 1 aromatic heterocycles. The van der Waals surface area contributed by atoms with Gasteiger partial charge in [-0.25, -0.2) is 0 Å². The third-order valence-corrected chi connectivity index (χ3v) is 4.10. The van der Waals surface area contributed by atoms with E-state index in [1.165, 1.54) is 6.92 Å². The smallest absolute Gasteiger partial charge is 0.255 e. The van der Waals surface area contributed by atoms with Gasteiger partial charge in [-0.15, -0.1) is 0 Å². The second kappa shape index (κ2) is 5.72. The van der Waals surface area contributed by atoms with Gasteiger partial charge in [-0.2, -0.15) is 0 Å². The second-order valence-corrected chi connectivity index (χ2v) is 5.73. The van der Waals surface area contributed by atoms with Crippen molar-refractivity contribution < 1.29 is 9.59 Å². The van der Waals surface area contributed by atoms with Crippen LogP contribution in [-0.4, -0.2) is 16.7 Å². The minimum Gasteiger partial charge on any atom is -0.358 e. The van der Waals surface area contributed by atoms with Crippen molar-refractivity contribution in [3.05, 3.63) is 64.8 Å². The molecule has 0 fully saturated rings. The lowest BCUT2D eigenvalue weighted by molar-refractivity contribution is 0.101. The van der Waals surface area contributed by atoms with E-state index in [1.54, 1.807) is 30.3 Å². The summed E-state index contributed by atoms with van der Waals surface area (Å²) in [6, 6.07) is 12.5. The number of aryl methyl sites for hydroxylation is 2. The highest BCUT2D eigenvalue weighted by Gasteiger charge is 2.11. The van der Waals surface area contributed by atoms with Gasteiger partial charge in [0.2, 0.25) is 0 Å². The highest BCUT2D eigenvalue weighted by molar-refractivity contribution is 6.07.